The summed E-state index contributed by atoms with van der Waals surface area (Å²) in [5, 5.41) is 16.9. The number of primary amides is 1. The van der Waals surface area contributed by atoms with E-state index in [1.807, 2.05) is 19.0 Å². The minimum Gasteiger partial charge on any atom is -0.448 e. The smallest absolute Gasteiger partial charge is 0.409 e. The number of aromatic nitrogens is 2. The molecule has 11 heteroatoms. The van der Waals surface area contributed by atoms with Crippen LogP contribution in [0.15, 0.2) is 30.5 Å². The summed E-state index contributed by atoms with van der Waals surface area (Å²) in [7, 11) is 3.82. The van der Waals surface area contributed by atoms with E-state index in [-0.39, 0.29) is 41.7 Å². The number of nitrogens with zero attached hydrogens (tertiary/aromatic N) is 5. The van der Waals surface area contributed by atoms with Crippen molar-refractivity contribution in [2.24, 2.45) is 11.7 Å². The molecule has 0 radical (unpaired) electrons. The number of carbonyl (C=O) groups is 2. The predicted molar refractivity (Wildman–Crippen MR) is 124 cm³/mol. The average molecular weight is 472 g/mol. The molecule has 1 aliphatic rings. The maximum Gasteiger partial charge on any atom is 0.409 e. The number of hydrogen-bond acceptors (Lipinski definition) is 7. The van der Waals surface area contributed by atoms with Crippen molar-refractivity contribution in [2.45, 2.75) is 25.3 Å². The zero-order valence-electron chi connectivity index (χ0n) is 19.4. The van der Waals surface area contributed by atoms with Crippen molar-refractivity contribution in [3.63, 3.8) is 0 Å². The Morgan fingerprint density at radius 3 is 2.59 bits per heavy atom. The summed E-state index contributed by atoms with van der Waals surface area (Å²) in [4.78, 5) is 27.9. The molecule has 2 aromatic rings. The Kier molecular flexibility index (Phi) is 8.43. The molecule has 3 N–H and O–H groups in total. The van der Waals surface area contributed by atoms with Gasteiger partial charge < -0.3 is 25.6 Å². The summed E-state index contributed by atoms with van der Waals surface area (Å²) >= 11 is 0. The number of ether oxygens (including phenoxy) is 1. The number of hydrogen-bond donors (Lipinski definition) is 2. The molecule has 10 nitrogen and oxygen atoms in total. The van der Waals surface area contributed by atoms with Crippen LogP contribution < -0.4 is 11.1 Å². The van der Waals surface area contributed by atoms with Crippen LogP contribution in [-0.4, -0.2) is 71.9 Å². The molecule has 1 fully saturated rings. The minimum atomic E-state index is -0.665. The molecule has 2 amide bonds. The number of nitriles is 1. The van der Waals surface area contributed by atoms with E-state index in [0.29, 0.717) is 44.8 Å². The van der Waals surface area contributed by atoms with Gasteiger partial charge in [0.15, 0.2) is 5.82 Å². The number of benzene rings is 1. The highest BCUT2D eigenvalue weighted by atomic mass is 19.1. The Balaban J connectivity index is 1.70. The molecule has 0 unspecified atom stereocenters. The van der Waals surface area contributed by atoms with E-state index in [4.69, 9.17) is 10.5 Å². The molecule has 0 aliphatic carbocycles. The van der Waals surface area contributed by atoms with Crippen LogP contribution in [-0.2, 0) is 4.74 Å². The zero-order valence-corrected chi connectivity index (χ0v) is 19.4. The fourth-order valence-electron chi connectivity index (χ4n) is 3.95. The fraction of sp³-hybridized carbons (Fsp3) is 0.478. The van der Waals surface area contributed by atoms with E-state index in [2.05, 4.69) is 16.5 Å². The number of anilines is 2. The van der Waals surface area contributed by atoms with E-state index in [1.54, 1.807) is 9.58 Å². The van der Waals surface area contributed by atoms with Crippen LogP contribution in [0, 0.1) is 23.1 Å². The molecule has 182 valence electrons. The standard InChI is InChI=1S/C23H30FN7O3/c1-29(2)13-14-34-23(33)30-11-8-16(9-12-30)20(7-10-25)31-15-19(21(26)32)22(28-31)27-18-5-3-17(24)4-6-18/h3-6,15-16,20H,7-9,11-14H2,1-2H3,(H2,26,32)(H,27,28)/t20-/m0/s1. The minimum absolute atomic E-state index is 0.0739. The van der Waals surface area contributed by atoms with Gasteiger partial charge in [-0.3, -0.25) is 9.48 Å². The third kappa shape index (κ3) is 6.45. The Morgan fingerprint density at radius 1 is 1.32 bits per heavy atom. The molecule has 0 bridgehead atoms. The number of likely N-dealkylation sites (N-methyl/N-ethyl adjacent to an activating group) is 1. The molecule has 1 atom stereocenters. The molecule has 1 aromatic carbocycles. The third-order valence-electron chi connectivity index (χ3n) is 5.85. The van der Waals surface area contributed by atoms with Crippen LogP contribution in [0.5, 0.6) is 0 Å². The number of rotatable bonds is 9. The Morgan fingerprint density at radius 2 is 2.00 bits per heavy atom. The molecule has 2 heterocycles. The Labute approximate surface area is 198 Å². The van der Waals surface area contributed by atoms with Crippen LogP contribution in [0.2, 0.25) is 0 Å². The van der Waals surface area contributed by atoms with Crippen molar-refractivity contribution in [3.05, 3.63) is 41.8 Å². The fourth-order valence-corrected chi connectivity index (χ4v) is 3.95. The lowest BCUT2D eigenvalue weighted by Gasteiger charge is -2.35. The highest BCUT2D eigenvalue weighted by Gasteiger charge is 2.31. The van der Waals surface area contributed by atoms with Gasteiger partial charge in [0.25, 0.3) is 5.91 Å². The van der Waals surface area contributed by atoms with Gasteiger partial charge in [-0.2, -0.15) is 10.4 Å². The van der Waals surface area contributed by atoms with E-state index >= 15 is 0 Å². The van der Waals surface area contributed by atoms with E-state index < -0.39 is 5.91 Å². The average Bonchev–Trinajstić information content (AvgIpc) is 3.22. The lowest BCUT2D eigenvalue weighted by molar-refractivity contribution is 0.0760. The van der Waals surface area contributed by atoms with Gasteiger partial charge in [-0.15, -0.1) is 0 Å². The third-order valence-corrected chi connectivity index (χ3v) is 5.85. The van der Waals surface area contributed by atoms with Crippen LogP contribution in [0.1, 0.15) is 35.7 Å². The van der Waals surface area contributed by atoms with Crippen molar-refractivity contribution in [3.8, 4) is 6.07 Å². The van der Waals surface area contributed by atoms with Crippen molar-refractivity contribution in [2.75, 3.05) is 45.7 Å². The SMILES string of the molecule is CN(C)CCOC(=O)N1CCC([C@H](CC#N)n2cc(C(N)=O)c(Nc3ccc(F)cc3)n2)CC1. The lowest BCUT2D eigenvalue weighted by Crippen LogP contribution is -2.41. The number of nitrogens with two attached hydrogens (primary N) is 1. The van der Waals surface area contributed by atoms with Gasteiger partial charge >= 0.3 is 6.09 Å². The van der Waals surface area contributed by atoms with Gasteiger partial charge in [-0.1, -0.05) is 0 Å². The maximum absolute atomic E-state index is 13.2. The van der Waals surface area contributed by atoms with Gasteiger partial charge in [0.05, 0.1) is 18.5 Å². The summed E-state index contributed by atoms with van der Waals surface area (Å²) < 4.78 is 20.1. The summed E-state index contributed by atoms with van der Waals surface area (Å²) in [6, 6.07) is 7.55. The zero-order chi connectivity index (χ0) is 24.7. The molecule has 34 heavy (non-hydrogen) atoms. The molecular weight excluding hydrogens is 441 g/mol. The highest BCUT2D eigenvalue weighted by molar-refractivity contribution is 5.98. The van der Waals surface area contributed by atoms with Gasteiger partial charge in [-0.05, 0) is 57.1 Å². The molecule has 0 saturated carbocycles. The molecule has 1 aromatic heterocycles. The first-order valence-corrected chi connectivity index (χ1v) is 11.1. The van der Waals surface area contributed by atoms with Crippen molar-refractivity contribution in [1.29, 1.82) is 5.26 Å². The number of carbonyl (C=O) groups excluding carboxylic acids is 2. The van der Waals surface area contributed by atoms with E-state index in [9.17, 15) is 19.2 Å². The summed E-state index contributed by atoms with van der Waals surface area (Å²) in [6.45, 7) is 2.01. The second kappa shape index (κ2) is 11.5. The normalized spacial score (nSPS) is 15.1. The first kappa shape index (κ1) is 25.0. The number of likely N-dealkylation sites (tertiary alicyclic amines) is 1. The van der Waals surface area contributed by atoms with Crippen LogP contribution >= 0.6 is 0 Å². The summed E-state index contributed by atoms with van der Waals surface area (Å²) in [5.41, 5.74) is 6.27. The van der Waals surface area contributed by atoms with Crippen LogP contribution in [0.4, 0.5) is 20.7 Å². The van der Waals surface area contributed by atoms with Gasteiger partial charge in [-0.25, -0.2) is 9.18 Å². The van der Waals surface area contributed by atoms with Crippen molar-refractivity contribution in [1.82, 2.24) is 19.6 Å². The number of piperidine rings is 1. The van der Waals surface area contributed by atoms with Crippen LogP contribution in [0.25, 0.3) is 0 Å². The van der Waals surface area contributed by atoms with Gasteiger partial charge in [0.1, 0.15) is 18.0 Å². The molecule has 3 rings (SSSR count). The second-order valence-corrected chi connectivity index (χ2v) is 8.54. The Bertz CT molecular complexity index is 1020. The first-order chi connectivity index (χ1) is 16.3. The maximum atomic E-state index is 13.2. The lowest BCUT2D eigenvalue weighted by atomic mass is 9.88. The number of amides is 2. The molecule has 1 saturated heterocycles. The molecule has 0 spiro atoms. The molecular formula is C23H30FN7O3. The topological polar surface area (TPSA) is 130 Å². The van der Waals surface area contributed by atoms with Crippen molar-refractivity contribution >= 4 is 23.5 Å². The summed E-state index contributed by atoms with van der Waals surface area (Å²) in [5.74, 6) is -0.733. The second-order valence-electron chi connectivity index (χ2n) is 8.54. The van der Waals surface area contributed by atoms with Crippen LogP contribution in [0.3, 0.4) is 0 Å². The highest BCUT2D eigenvalue weighted by Crippen LogP contribution is 2.33. The quantitative estimate of drug-likeness (QED) is 0.575. The summed E-state index contributed by atoms with van der Waals surface area (Å²) in [6.07, 6.45) is 2.73. The Hall–Kier alpha value is -3.65. The van der Waals surface area contributed by atoms with E-state index in [0.717, 1.165) is 0 Å². The van der Waals surface area contributed by atoms with Gasteiger partial charge in [0.2, 0.25) is 0 Å². The first-order valence-electron chi connectivity index (χ1n) is 11.1. The van der Waals surface area contributed by atoms with E-state index in [1.165, 1.54) is 30.5 Å². The van der Waals surface area contributed by atoms with Gasteiger partial charge in [0, 0.05) is 31.5 Å². The number of nitrogens with one attached hydrogen (secondary N) is 1. The molecule has 1 aliphatic heterocycles. The monoisotopic (exact) mass is 471 g/mol. The largest absolute Gasteiger partial charge is 0.448 e. The van der Waals surface area contributed by atoms with Crippen molar-refractivity contribution < 1.29 is 18.7 Å². The predicted octanol–water partition coefficient (Wildman–Crippen LogP) is 2.73. The number of halogens is 1.